The fourth-order valence-electron chi connectivity index (χ4n) is 2.34. The third kappa shape index (κ3) is 2.59. The van der Waals surface area contributed by atoms with E-state index in [1.165, 1.54) is 24.4 Å². The first-order valence-corrected chi connectivity index (χ1v) is 6.57. The van der Waals surface area contributed by atoms with Gasteiger partial charge in [0.15, 0.2) is 0 Å². The molecular formula is C16H11F3N2O. The van der Waals surface area contributed by atoms with Crippen LogP contribution < -0.4 is 5.56 Å². The van der Waals surface area contributed by atoms with Gasteiger partial charge in [0.2, 0.25) is 0 Å². The molecule has 0 saturated heterocycles. The molecule has 22 heavy (non-hydrogen) atoms. The Bertz CT molecular complexity index is 884. The van der Waals surface area contributed by atoms with E-state index < -0.39 is 17.3 Å². The Kier molecular flexibility index (Phi) is 3.44. The lowest BCUT2D eigenvalue weighted by Crippen LogP contribution is -2.24. The molecule has 1 heterocycles. The van der Waals surface area contributed by atoms with Gasteiger partial charge >= 0.3 is 6.18 Å². The van der Waals surface area contributed by atoms with Gasteiger partial charge in [0, 0.05) is 5.39 Å². The second-order valence-electron chi connectivity index (χ2n) is 4.85. The first kappa shape index (κ1) is 14.3. The molecule has 0 fully saturated rings. The summed E-state index contributed by atoms with van der Waals surface area (Å²) >= 11 is 0. The van der Waals surface area contributed by atoms with Crippen LogP contribution in [0.2, 0.25) is 0 Å². The highest BCUT2D eigenvalue weighted by molar-refractivity contribution is 5.80. The highest BCUT2D eigenvalue weighted by Gasteiger charge is 2.33. The summed E-state index contributed by atoms with van der Waals surface area (Å²) in [5, 5.41) is 5.05. The summed E-state index contributed by atoms with van der Waals surface area (Å²) in [4.78, 5) is 12.3. The molecule has 3 nitrogen and oxygen atoms in total. The monoisotopic (exact) mass is 304 g/mol. The summed E-state index contributed by atoms with van der Waals surface area (Å²) in [6, 6.07) is 12.0. The number of fused-ring (bicyclic) bond motifs is 1. The lowest BCUT2D eigenvalue weighted by molar-refractivity contribution is -0.138. The molecule has 0 aliphatic heterocycles. The van der Waals surface area contributed by atoms with E-state index in [0.29, 0.717) is 10.8 Å². The maximum Gasteiger partial charge on any atom is 0.416 e. The maximum atomic E-state index is 13.0. The van der Waals surface area contributed by atoms with Gasteiger partial charge in [-0.1, -0.05) is 36.4 Å². The van der Waals surface area contributed by atoms with Gasteiger partial charge in [-0.2, -0.15) is 18.3 Å². The number of benzene rings is 2. The van der Waals surface area contributed by atoms with E-state index in [4.69, 9.17) is 0 Å². The molecule has 0 saturated carbocycles. The van der Waals surface area contributed by atoms with Gasteiger partial charge in [0.1, 0.15) is 0 Å². The van der Waals surface area contributed by atoms with Gasteiger partial charge in [-0.05, 0) is 17.7 Å². The Morgan fingerprint density at radius 2 is 1.68 bits per heavy atom. The van der Waals surface area contributed by atoms with E-state index in [2.05, 4.69) is 5.10 Å². The molecule has 0 aliphatic carbocycles. The third-order valence-electron chi connectivity index (χ3n) is 3.40. The fourth-order valence-corrected chi connectivity index (χ4v) is 2.34. The number of alkyl halides is 3. The molecule has 2 aromatic carbocycles. The number of hydrogen-bond donors (Lipinski definition) is 0. The van der Waals surface area contributed by atoms with E-state index in [-0.39, 0.29) is 12.1 Å². The zero-order chi connectivity index (χ0) is 15.7. The minimum atomic E-state index is -4.46. The van der Waals surface area contributed by atoms with E-state index in [9.17, 15) is 18.0 Å². The molecule has 0 amide bonds. The summed E-state index contributed by atoms with van der Waals surface area (Å²) < 4.78 is 40.0. The molecule has 0 bridgehead atoms. The van der Waals surface area contributed by atoms with Crippen molar-refractivity contribution in [1.29, 1.82) is 0 Å². The van der Waals surface area contributed by atoms with Crippen LogP contribution in [0.25, 0.3) is 10.8 Å². The molecule has 1 aromatic heterocycles. The molecule has 0 unspecified atom stereocenters. The Balaban J connectivity index is 2.09. The number of hydrogen-bond acceptors (Lipinski definition) is 2. The number of halogens is 3. The standard InChI is InChI=1S/C16H11F3N2O/c17-16(18,19)14-8-4-2-6-12(14)10-21-15(22)13-7-3-1-5-11(13)9-20-21/h1-9H,10H2. The van der Waals surface area contributed by atoms with Gasteiger partial charge in [-0.3, -0.25) is 4.79 Å². The van der Waals surface area contributed by atoms with Gasteiger partial charge < -0.3 is 0 Å². The largest absolute Gasteiger partial charge is 0.416 e. The van der Waals surface area contributed by atoms with Gasteiger partial charge in [-0.25, -0.2) is 4.68 Å². The number of nitrogens with zero attached hydrogens (tertiary/aromatic N) is 2. The fraction of sp³-hybridized carbons (Fsp3) is 0.125. The van der Waals surface area contributed by atoms with Gasteiger partial charge in [-0.15, -0.1) is 0 Å². The lowest BCUT2D eigenvalue weighted by Gasteiger charge is -2.13. The smallest absolute Gasteiger partial charge is 0.267 e. The van der Waals surface area contributed by atoms with Crippen molar-refractivity contribution in [2.24, 2.45) is 0 Å². The van der Waals surface area contributed by atoms with Crippen LogP contribution in [0.4, 0.5) is 13.2 Å². The van der Waals surface area contributed by atoms with Crippen LogP contribution in [0, 0.1) is 0 Å². The number of rotatable bonds is 2. The summed E-state index contributed by atoms with van der Waals surface area (Å²) in [5.41, 5.74) is -1.15. The SMILES string of the molecule is O=c1c2ccccc2cnn1Cc1ccccc1C(F)(F)F. The highest BCUT2D eigenvalue weighted by Crippen LogP contribution is 2.31. The second kappa shape index (κ2) is 5.29. The van der Waals surface area contributed by atoms with Crippen molar-refractivity contribution in [3.8, 4) is 0 Å². The molecule has 0 radical (unpaired) electrons. The highest BCUT2D eigenvalue weighted by atomic mass is 19.4. The molecule has 112 valence electrons. The zero-order valence-corrected chi connectivity index (χ0v) is 11.3. The molecular weight excluding hydrogens is 293 g/mol. The minimum absolute atomic E-state index is 0.0138. The minimum Gasteiger partial charge on any atom is -0.267 e. The molecule has 0 N–H and O–H groups in total. The van der Waals surface area contributed by atoms with E-state index in [1.807, 2.05) is 0 Å². The maximum absolute atomic E-state index is 13.0. The topological polar surface area (TPSA) is 34.9 Å². The van der Waals surface area contributed by atoms with Crippen LogP contribution in [0.5, 0.6) is 0 Å². The quantitative estimate of drug-likeness (QED) is 0.726. The Morgan fingerprint density at radius 3 is 2.45 bits per heavy atom. The average molecular weight is 304 g/mol. The Morgan fingerprint density at radius 1 is 1.00 bits per heavy atom. The average Bonchev–Trinajstić information content (AvgIpc) is 2.50. The van der Waals surface area contributed by atoms with Crippen molar-refractivity contribution in [3.63, 3.8) is 0 Å². The summed E-state index contributed by atoms with van der Waals surface area (Å²) in [5.74, 6) is 0. The molecule has 3 aromatic rings. The van der Waals surface area contributed by atoms with Crippen LogP contribution >= 0.6 is 0 Å². The molecule has 3 rings (SSSR count). The molecule has 0 atom stereocenters. The van der Waals surface area contributed by atoms with Crippen LogP contribution in [0.15, 0.2) is 59.5 Å². The Hall–Kier alpha value is -2.63. The predicted octanol–water partition coefficient (Wildman–Crippen LogP) is 3.46. The van der Waals surface area contributed by atoms with Gasteiger partial charge in [0.25, 0.3) is 5.56 Å². The van der Waals surface area contributed by atoms with Crippen molar-refractivity contribution in [3.05, 3.63) is 76.2 Å². The van der Waals surface area contributed by atoms with Crippen molar-refractivity contribution in [2.75, 3.05) is 0 Å². The first-order valence-electron chi connectivity index (χ1n) is 6.57. The van der Waals surface area contributed by atoms with Crippen LogP contribution in [-0.2, 0) is 12.7 Å². The summed E-state index contributed by atoms with van der Waals surface area (Å²) in [6.07, 6.45) is -2.98. The summed E-state index contributed by atoms with van der Waals surface area (Å²) in [6.45, 7) is -0.223. The van der Waals surface area contributed by atoms with Crippen LogP contribution in [0.3, 0.4) is 0 Å². The van der Waals surface area contributed by atoms with Crippen LogP contribution in [0.1, 0.15) is 11.1 Å². The first-order chi connectivity index (χ1) is 10.5. The normalized spacial score (nSPS) is 11.8. The molecule has 0 aliphatic rings. The predicted molar refractivity (Wildman–Crippen MR) is 76.5 cm³/mol. The van der Waals surface area contributed by atoms with Crippen LogP contribution in [-0.4, -0.2) is 9.78 Å². The van der Waals surface area contributed by atoms with E-state index >= 15 is 0 Å². The lowest BCUT2D eigenvalue weighted by atomic mass is 10.1. The van der Waals surface area contributed by atoms with Crippen molar-refractivity contribution in [1.82, 2.24) is 9.78 Å². The van der Waals surface area contributed by atoms with E-state index in [0.717, 1.165) is 10.7 Å². The van der Waals surface area contributed by atoms with Crippen molar-refractivity contribution in [2.45, 2.75) is 12.7 Å². The molecule has 0 spiro atoms. The summed E-state index contributed by atoms with van der Waals surface area (Å²) in [7, 11) is 0. The van der Waals surface area contributed by atoms with E-state index in [1.54, 1.807) is 24.3 Å². The van der Waals surface area contributed by atoms with Crippen molar-refractivity contribution >= 4 is 10.8 Å². The molecule has 6 heteroatoms. The van der Waals surface area contributed by atoms with Crippen molar-refractivity contribution < 1.29 is 13.2 Å². The zero-order valence-electron chi connectivity index (χ0n) is 11.3. The second-order valence-corrected chi connectivity index (χ2v) is 4.85. The number of aromatic nitrogens is 2. The third-order valence-corrected chi connectivity index (χ3v) is 3.40. The Labute approximate surface area is 123 Å². The van der Waals surface area contributed by atoms with Gasteiger partial charge in [0.05, 0.1) is 23.7 Å².